The second-order valence-electron chi connectivity index (χ2n) is 6.00. The third-order valence-electron chi connectivity index (χ3n) is 5.13. The molecule has 1 saturated carbocycles. The summed E-state index contributed by atoms with van der Waals surface area (Å²) >= 11 is 0. The molecule has 1 aliphatic carbocycles. The first-order chi connectivity index (χ1) is 7.76. The van der Waals surface area contributed by atoms with Crippen molar-refractivity contribution in [1.29, 1.82) is 0 Å². The second kappa shape index (κ2) is 7.35. The maximum absolute atomic E-state index is 2.39. The molecule has 0 aliphatic heterocycles. The molecule has 0 radical (unpaired) electrons. The van der Waals surface area contributed by atoms with Crippen LogP contribution in [0.3, 0.4) is 0 Å². The van der Waals surface area contributed by atoms with Crippen LogP contribution < -0.4 is 0 Å². The summed E-state index contributed by atoms with van der Waals surface area (Å²) in [6.07, 6.45) is 16.2. The van der Waals surface area contributed by atoms with E-state index in [1.165, 1.54) is 70.6 Å². The minimum atomic E-state index is 0.736. The van der Waals surface area contributed by atoms with Gasteiger partial charge in [-0.3, -0.25) is 0 Å². The standard InChI is InChI=1S/C16H32/c1-4-7-8-9-10-15-11-13-16(5-2,6-3)14-12-15/h15H,4-14H2,1-3H3. The summed E-state index contributed by atoms with van der Waals surface area (Å²) in [5.41, 5.74) is 0.736. The normalized spacial score (nSPS) is 21.2. The molecule has 1 rings (SSSR count). The van der Waals surface area contributed by atoms with Gasteiger partial charge in [0.15, 0.2) is 0 Å². The Balaban J connectivity index is 2.16. The molecule has 0 aromatic rings. The van der Waals surface area contributed by atoms with Gasteiger partial charge >= 0.3 is 0 Å². The van der Waals surface area contributed by atoms with Crippen molar-refractivity contribution < 1.29 is 0 Å². The lowest BCUT2D eigenvalue weighted by Gasteiger charge is -2.39. The Kier molecular flexibility index (Phi) is 6.46. The highest BCUT2D eigenvalue weighted by Crippen LogP contribution is 2.45. The third kappa shape index (κ3) is 4.11. The lowest BCUT2D eigenvalue weighted by atomic mass is 9.67. The Bertz CT molecular complexity index is 157. The Morgan fingerprint density at radius 3 is 2.00 bits per heavy atom. The zero-order valence-corrected chi connectivity index (χ0v) is 11.9. The largest absolute Gasteiger partial charge is 0.0654 e. The van der Waals surface area contributed by atoms with Crippen LogP contribution in [0.25, 0.3) is 0 Å². The molecule has 0 unspecified atom stereocenters. The van der Waals surface area contributed by atoms with Gasteiger partial charge in [0.05, 0.1) is 0 Å². The molecule has 0 N–H and O–H groups in total. The molecule has 1 aliphatic rings. The molecule has 0 amide bonds. The average Bonchev–Trinajstić information content (AvgIpc) is 2.36. The summed E-state index contributed by atoms with van der Waals surface area (Å²) in [6, 6.07) is 0. The summed E-state index contributed by atoms with van der Waals surface area (Å²) in [5, 5.41) is 0. The van der Waals surface area contributed by atoms with Gasteiger partial charge in [0.1, 0.15) is 0 Å². The minimum Gasteiger partial charge on any atom is -0.0654 e. The number of hydrogen-bond acceptors (Lipinski definition) is 0. The topological polar surface area (TPSA) is 0 Å². The maximum Gasteiger partial charge on any atom is -0.0302 e. The molecule has 0 nitrogen and oxygen atoms in total. The van der Waals surface area contributed by atoms with Crippen LogP contribution in [0, 0.1) is 11.3 Å². The van der Waals surface area contributed by atoms with Gasteiger partial charge in [-0.1, -0.05) is 65.7 Å². The molecule has 0 atom stereocenters. The Hall–Kier alpha value is 0. The van der Waals surface area contributed by atoms with Crippen LogP contribution in [0.15, 0.2) is 0 Å². The lowest BCUT2D eigenvalue weighted by molar-refractivity contribution is 0.131. The molecule has 0 bridgehead atoms. The van der Waals surface area contributed by atoms with Crippen LogP contribution in [0.2, 0.25) is 0 Å². The lowest BCUT2D eigenvalue weighted by Crippen LogP contribution is -2.26. The van der Waals surface area contributed by atoms with Crippen molar-refractivity contribution in [3.63, 3.8) is 0 Å². The summed E-state index contributed by atoms with van der Waals surface area (Å²) in [6.45, 7) is 7.09. The van der Waals surface area contributed by atoms with Gasteiger partial charge < -0.3 is 0 Å². The van der Waals surface area contributed by atoms with Gasteiger partial charge in [-0.25, -0.2) is 0 Å². The molecule has 16 heavy (non-hydrogen) atoms. The third-order valence-corrected chi connectivity index (χ3v) is 5.13. The summed E-state index contributed by atoms with van der Waals surface area (Å²) in [5.74, 6) is 1.07. The fourth-order valence-corrected chi connectivity index (χ4v) is 3.40. The molecule has 0 spiro atoms. The first-order valence-electron chi connectivity index (χ1n) is 7.76. The van der Waals surface area contributed by atoms with E-state index in [4.69, 9.17) is 0 Å². The van der Waals surface area contributed by atoms with E-state index in [9.17, 15) is 0 Å². The zero-order valence-electron chi connectivity index (χ0n) is 11.9. The Labute approximate surface area is 103 Å². The predicted molar refractivity (Wildman–Crippen MR) is 73.7 cm³/mol. The predicted octanol–water partition coefficient (Wildman–Crippen LogP) is 5.95. The van der Waals surface area contributed by atoms with Crippen LogP contribution in [0.1, 0.15) is 91.4 Å². The van der Waals surface area contributed by atoms with Gasteiger partial charge in [0, 0.05) is 0 Å². The summed E-state index contributed by atoms with van der Waals surface area (Å²) in [4.78, 5) is 0. The fraction of sp³-hybridized carbons (Fsp3) is 1.00. The number of hydrogen-bond donors (Lipinski definition) is 0. The SMILES string of the molecule is CCCCCCC1CCC(CC)(CC)CC1. The van der Waals surface area contributed by atoms with Crippen molar-refractivity contribution in [3.8, 4) is 0 Å². The zero-order chi connectivity index (χ0) is 11.9. The Morgan fingerprint density at radius 2 is 1.50 bits per heavy atom. The highest BCUT2D eigenvalue weighted by molar-refractivity contribution is 4.83. The molecule has 0 aromatic carbocycles. The molecule has 0 heterocycles. The number of rotatable bonds is 7. The molecular weight excluding hydrogens is 192 g/mol. The van der Waals surface area contributed by atoms with Crippen molar-refractivity contribution in [2.24, 2.45) is 11.3 Å². The molecule has 96 valence electrons. The van der Waals surface area contributed by atoms with Gasteiger partial charge in [-0.05, 0) is 37.0 Å². The summed E-state index contributed by atoms with van der Waals surface area (Å²) in [7, 11) is 0. The van der Waals surface area contributed by atoms with E-state index in [1.807, 2.05) is 0 Å². The first-order valence-corrected chi connectivity index (χ1v) is 7.76. The number of unbranched alkanes of at least 4 members (excludes halogenated alkanes) is 3. The van der Waals surface area contributed by atoms with Crippen molar-refractivity contribution in [2.45, 2.75) is 91.4 Å². The molecular formula is C16H32. The quantitative estimate of drug-likeness (QED) is 0.468. The Morgan fingerprint density at radius 1 is 0.875 bits per heavy atom. The van der Waals surface area contributed by atoms with Gasteiger partial charge in [-0.15, -0.1) is 0 Å². The van der Waals surface area contributed by atoms with E-state index in [0.29, 0.717) is 0 Å². The van der Waals surface area contributed by atoms with E-state index in [2.05, 4.69) is 20.8 Å². The monoisotopic (exact) mass is 224 g/mol. The van der Waals surface area contributed by atoms with Crippen LogP contribution in [0.4, 0.5) is 0 Å². The van der Waals surface area contributed by atoms with E-state index < -0.39 is 0 Å². The van der Waals surface area contributed by atoms with Crippen molar-refractivity contribution in [3.05, 3.63) is 0 Å². The van der Waals surface area contributed by atoms with Gasteiger partial charge in [-0.2, -0.15) is 0 Å². The molecule has 0 saturated heterocycles. The van der Waals surface area contributed by atoms with Gasteiger partial charge in [0.2, 0.25) is 0 Å². The maximum atomic E-state index is 2.39. The van der Waals surface area contributed by atoms with Crippen molar-refractivity contribution >= 4 is 0 Å². The first kappa shape index (κ1) is 14.1. The van der Waals surface area contributed by atoms with Crippen LogP contribution >= 0.6 is 0 Å². The smallest absolute Gasteiger partial charge is 0.0302 e. The van der Waals surface area contributed by atoms with Crippen molar-refractivity contribution in [1.82, 2.24) is 0 Å². The second-order valence-corrected chi connectivity index (χ2v) is 6.00. The van der Waals surface area contributed by atoms with Crippen molar-refractivity contribution in [2.75, 3.05) is 0 Å². The van der Waals surface area contributed by atoms with Crippen LogP contribution in [0.5, 0.6) is 0 Å². The fourth-order valence-electron chi connectivity index (χ4n) is 3.40. The molecule has 0 aromatic heterocycles. The summed E-state index contributed by atoms with van der Waals surface area (Å²) < 4.78 is 0. The van der Waals surface area contributed by atoms with E-state index in [1.54, 1.807) is 0 Å². The van der Waals surface area contributed by atoms with E-state index in [0.717, 1.165) is 11.3 Å². The average molecular weight is 224 g/mol. The molecule has 0 heteroatoms. The highest BCUT2D eigenvalue weighted by atomic mass is 14.4. The van der Waals surface area contributed by atoms with Crippen LogP contribution in [-0.4, -0.2) is 0 Å². The van der Waals surface area contributed by atoms with Crippen LogP contribution in [-0.2, 0) is 0 Å². The van der Waals surface area contributed by atoms with E-state index >= 15 is 0 Å². The molecule has 1 fully saturated rings. The minimum absolute atomic E-state index is 0.736. The highest BCUT2D eigenvalue weighted by Gasteiger charge is 2.31. The van der Waals surface area contributed by atoms with Gasteiger partial charge in [0.25, 0.3) is 0 Å². The van der Waals surface area contributed by atoms with E-state index in [-0.39, 0.29) is 0 Å².